The molecular weight excluding hydrogens is 1200 g/mol. The second kappa shape index (κ2) is 26.8. The van der Waals surface area contributed by atoms with E-state index in [1.54, 1.807) is 93.5 Å². The van der Waals surface area contributed by atoms with Crippen molar-refractivity contribution >= 4 is 105 Å². The van der Waals surface area contributed by atoms with Crippen molar-refractivity contribution < 1.29 is 52.7 Å². The summed E-state index contributed by atoms with van der Waals surface area (Å²) in [5, 5.41) is 18.6. The number of anilines is 1. The van der Waals surface area contributed by atoms with Gasteiger partial charge in [-0.15, -0.1) is 0 Å². The Bertz CT molecular complexity index is 3600. The van der Waals surface area contributed by atoms with Crippen molar-refractivity contribution in [1.82, 2.24) is 30.0 Å². The second-order valence-electron chi connectivity index (χ2n) is 23.0. The van der Waals surface area contributed by atoms with Gasteiger partial charge in [-0.05, 0) is 120 Å². The number of fused-ring (bicyclic) bond motifs is 2. The van der Waals surface area contributed by atoms with Crippen LogP contribution < -0.4 is 29.6 Å². The fourth-order valence-corrected chi connectivity index (χ4v) is 12.3. The average molecular weight is 1270 g/mol. The highest BCUT2D eigenvalue weighted by molar-refractivity contribution is 6.41. The standard InChI is InChI=1S/C63H69Cl4N9O11/c1-34-23-35(50-52(64)46(82-8)27-47(83-9)53(50)65)17-19-44(34)72-58(68-7)70-38-25-40(32-76-56(78)42-15-11-12-16-43(42)57(76)79)74(30-38)61(81)87-63(5,6)21-13-14-22-85-49-28-48(84-10)54(66)51(55(49)67)36-18-20-45-37(24-36)29-69-59(73-45)71-39-26-41(33-77)75(31-39)60(80)86-62(2,3)4/h11-12,15-20,23-24,27-29,38-41,77H,1,13-14,21-22,25-26,30-33H2,2-10H3,(H,68,70)(H,69,71,73)/b72-44-/t38-,39-,40-,41-/m0/s1. The molecule has 0 saturated carbocycles. The fourth-order valence-electron chi connectivity index (χ4n) is 10.9. The van der Waals surface area contributed by atoms with E-state index in [1.807, 2.05) is 32.0 Å². The molecule has 2 fully saturated rings. The number of carbonyl (C=O) groups is 4. The quantitative estimate of drug-likeness (QED) is 0.0321. The number of amides is 4. The van der Waals surface area contributed by atoms with Crippen LogP contribution in [0.2, 0.25) is 20.1 Å². The molecule has 5 aromatic rings. The van der Waals surface area contributed by atoms with Crippen molar-refractivity contribution in [3.63, 3.8) is 0 Å². The number of hydrogen-bond donors (Lipinski definition) is 3. The SMILES string of the molecule is C=C1C=C(c2c(Cl)c(OC)cc(OC)c2Cl)C=C/C1=N/C(=N\C)N[C@H]1C[C@@H](CN2C(=O)c3ccccc3C2=O)N(C(=O)OC(C)(C)CCCCOc2cc(OC)c(Cl)c(-c3ccc4nc(N[C@H]5C[C@@H](CO)N(C(=O)OC(C)(C)C)C5)ncc4c3)c2Cl)C1. The van der Waals surface area contributed by atoms with Gasteiger partial charge in [-0.2, -0.15) is 0 Å². The molecule has 0 radical (unpaired) electrons. The van der Waals surface area contributed by atoms with E-state index in [0.717, 1.165) is 0 Å². The Kier molecular flexibility index (Phi) is 19.7. The number of benzene rings is 4. The van der Waals surface area contributed by atoms with Crippen LogP contribution in [-0.2, 0) is 9.47 Å². The first-order chi connectivity index (χ1) is 41.4. The molecule has 3 aliphatic heterocycles. The van der Waals surface area contributed by atoms with Crippen LogP contribution in [0.1, 0.15) is 93.0 Å². The Morgan fingerprint density at radius 1 is 0.770 bits per heavy atom. The van der Waals surface area contributed by atoms with Crippen LogP contribution in [0, 0.1) is 0 Å². The number of allylic oxidation sites excluding steroid dienone is 5. The Labute approximate surface area is 525 Å². The normalized spacial score (nSPS) is 19.2. The Balaban J connectivity index is 0.831. The minimum atomic E-state index is -0.956. The monoisotopic (exact) mass is 1270 g/mol. The number of likely N-dealkylation sites (tertiary alicyclic amines) is 2. The Hall–Kier alpha value is -7.62. The number of halogens is 4. The molecule has 20 nitrogen and oxygen atoms in total. The molecule has 0 unspecified atom stereocenters. The third-order valence-electron chi connectivity index (χ3n) is 15.2. The lowest BCUT2D eigenvalue weighted by atomic mass is 9.95. The lowest BCUT2D eigenvalue weighted by Gasteiger charge is -2.32. The number of guanidine groups is 1. The second-order valence-corrected chi connectivity index (χ2v) is 24.5. The first kappa shape index (κ1) is 63.9. The highest BCUT2D eigenvalue weighted by atomic mass is 35.5. The van der Waals surface area contributed by atoms with Crippen molar-refractivity contribution in [2.45, 2.75) is 102 Å². The summed E-state index contributed by atoms with van der Waals surface area (Å²) in [4.78, 5) is 77.4. The number of aliphatic imine (C=N–C) groups is 2. The van der Waals surface area contributed by atoms with Gasteiger partial charge in [-0.3, -0.25) is 19.5 Å². The first-order valence-electron chi connectivity index (χ1n) is 28.2. The molecule has 4 heterocycles. The van der Waals surface area contributed by atoms with Crippen molar-refractivity contribution in [2.75, 3.05) is 66.5 Å². The summed E-state index contributed by atoms with van der Waals surface area (Å²) >= 11 is 27.5. The summed E-state index contributed by atoms with van der Waals surface area (Å²) in [6, 6.07) is 13.8. The van der Waals surface area contributed by atoms with Crippen LogP contribution in [0.15, 0.2) is 101 Å². The summed E-state index contributed by atoms with van der Waals surface area (Å²) in [7, 11) is 6.09. The van der Waals surface area contributed by atoms with Crippen molar-refractivity contribution in [2.24, 2.45) is 9.98 Å². The van der Waals surface area contributed by atoms with E-state index in [0.29, 0.717) is 133 Å². The number of nitrogens with zero attached hydrogens (tertiary/aromatic N) is 7. The van der Waals surface area contributed by atoms with Gasteiger partial charge in [0.1, 0.15) is 34.2 Å². The number of imide groups is 1. The molecule has 2 saturated heterocycles. The van der Waals surface area contributed by atoms with Crippen molar-refractivity contribution in [1.29, 1.82) is 0 Å². The van der Waals surface area contributed by atoms with E-state index in [9.17, 15) is 24.3 Å². The van der Waals surface area contributed by atoms with Gasteiger partial charge < -0.3 is 54.0 Å². The van der Waals surface area contributed by atoms with E-state index < -0.39 is 53.3 Å². The molecule has 460 valence electrons. The number of aromatic nitrogens is 2. The number of rotatable bonds is 18. The summed E-state index contributed by atoms with van der Waals surface area (Å²) in [5.74, 6) is 1.22. The zero-order valence-corrected chi connectivity index (χ0v) is 52.8. The van der Waals surface area contributed by atoms with Gasteiger partial charge in [0.2, 0.25) is 11.9 Å². The Morgan fingerprint density at radius 2 is 1.37 bits per heavy atom. The number of hydrogen-bond acceptors (Lipinski definition) is 15. The van der Waals surface area contributed by atoms with E-state index >= 15 is 0 Å². The van der Waals surface area contributed by atoms with Crippen molar-refractivity contribution in [3.8, 4) is 34.1 Å². The van der Waals surface area contributed by atoms with Gasteiger partial charge >= 0.3 is 12.2 Å². The Morgan fingerprint density at radius 3 is 1.99 bits per heavy atom. The molecule has 4 amide bonds. The molecule has 9 rings (SSSR count). The lowest BCUT2D eigenvalue weighted by molar-refractivity contribution is 0.00233. The molecule has 1 aromatic heterocycles. The van der Waals surface area contributed by atoms with E-state index in [4.69, 9.17) is 84.8 Å². The number of ether oxygens (including phenoxy) is 6. The maximum absolute atomic E-state index is 14.4. The molecule has 3 N–H and O–H groups in total. The van der Waals surface area contributed by atoms with Gasteiger partial charge in [-0.1, -0.05) is 77.3 Å². The third-order valence-corrected chi connectivity index (χ3v) is 16.7. The summed E-state index contributed by atoms with van der Waals surface area (Å²) < 4.78 is 34.7. The minimum Gasteiger partial charge on any atom is -0.495 e. The first-order valence-corrected chi connectivity index (χ1v) is 29.8. The minimum absolute atomic E-state index is 0.0700. The van der Waals surface area contributed by atoms with E-state index in [1.165, 1.54) is 31.1 Å². The molecule has 4 aromatic carbocycles. The lowest BCUT2D eigenvalue weighted by Crippen LogP contribution is -2.47. The zero-order chi connectivity index (χ0) is 62.6. The highest BCUT2D eigenvalue weighted by Crippen LogP contribution is 2.48. The highest BCUT2D eigenvalue weighted by Gasteiger charge is 2.44. The number of unbranched alkanes of at least 4 members (excludes halogenated alkanes) is 1. The zero-order valence-electron chi connectivity index (χ0n) is 49.8. The fraction of sp³-hybridized carbons (Fsp3) is 0.397. The van der Waals surface area contributed by atoms with Crippen LogP contribution in [0.5, 0.6) is 23.0 Å². The predicted molar refractivity (Wildman–Crippen MR) is 338 cm³/mol. The molecule has 24 heteroatoms. The van der Waals surface area contributed by atoms with Crippen molar-refractivity contribution in [3.05, 3.63) is 128 Å². The largest absolute Gasteiger partial charge is 0.495 e. The van der Waals surface area contributed by atoms with Crippen LogP contribution in [0.25, 0.3) is 27.6 Å². The molecule has 87 heavy (non-hydrogen) atoms. The third kappa shape index (κ3) is 14.2. The number of aliphatic hydroxyl groups excluding tert-OH is 1. The number of methoxy groups -OCH3 is 3. The number of nitrogens with one attached hydrogen (secondary N) is 2. The molecule has 1 aliphatic carbocycles. The smallest absolute Gasteiger partial charge is 0.410 e. The maximum atomic E-state index is 14.4. The molecule has 4 atom stereocenters. The van der Waals surface area contributed by atoms with Gasteiger partial charge in [-0.25, -0.2) is 24.5 Å². The molecule has 0 bridgehead atoms. The average Bonchev–Trinajstić information content (AvgIpc) is 2.51. The summed E-state index contributed by atoms with van der Waals surface area (Å²) in [6.45, 7) is 13.7. The van der Waals surface area contributed by atoms with Crippen LogP contribution in [0.4, 0.5) is 15.5 Å². The van der Waals surface area contributed by atoms with E-state index in [2.05, 4.69) is 27.2 Å². The van der Waals surface area contributed by atoms with Gasteiger partial charge in [0.25, 0.3) is 11.8 Å². The van der Waals surface area contributed by atoms with Crippen LogP contribution in [-0.4, -0.2) is 162 Å². The molecular formula is C63H69Cl4N9O11. The molecule has 0 spiro atoms. The van der Waals surface area contributed by atoms with Crippen LogP contribution >= 0.6 is 46.4 Å². The topological polar surface area (TPSA) is 228 Å². The predicted octanol–water partition coefficient (Wildman–Crippen LogP) is 12.1. The van der Waals surface area contributed by atoms with Gasteiger partial charge in [0.15, 0.2) is 0 Å². The molecule has 4 aliphatic rings. The maximum Gasteiger partial charge on any atom is 0.410 e. The number of aliphatic hydroxyl groups is 1. The summed E-state index contributed by atoms with van der Waals surface area (Å²) in [5.41, 5.74) is 2.96. The summed E-state index contributed by atoms with van der Waals surface area (Å²) in [6.07, 6.45) is 8.33. The van der Waals surface area contributed by atoms with Gasteiger partial charge in [0, 0.05) is 73.6 Å². The van der Waals surface area contributed by atoms with E-state index in [-0.39, 0.29) is 48.3 Å². The van der Waals surface area contributed by atoms with Gasteiger partial charge in [0.05, 0.1) is 89.1 Å². The van der Waals surface area contributed by atoms with Crippen LogP contribution in [0.3, 0.4) is 0 Å². The number of carbonyl (C=O) groups excluding carboxylic acids is 4.